The highest BCUT2D eigenvalue weighted by Gasteiger charge is 2.53. The van der Waals surface area contributed by atoms with Crippen molar-refractivity contribution < 1.29 is 9.38 Å². The minimum atomic E-state index is -0.280. The van der Waals surface area contributed by atoms with Gasteiger partial charge in [0.05, 0.1) is 13.1 Å². The van der Waals surface area contributed by atoms with Gasteiger partial charge in [-0.15, -0.1) is 0 Å². The summed E-state index contributed by atoms with van der Waals surface area (Å²) >= 11 is 0. The smallest absolute Gasteiger partial charge is 0.157 e. The lowest BCUT2D eigenvalue weighted by Gasteiger charge is -2.58. The molecule has 0 aromatic heterocycles. The number of piperidine rings is 3. The third kappa shape index (κ3) is 0.994. The zero-order chi connectivity index (χ0) is 8.94. The van der Waals surface area contributed by atoms with Crippen LogP contribution in [0.25, 0.3) is 0 Å². The molecule has 72 valence electrons. The first-order chi connectivity index (χ1) is 6.23. The molecule has 0 amide bonds. The Hall–Kier alpha value is -0.450. The third-order valence-corrected chi connectivity index (χ3v) is 3.71. The van der Waals surface area contributed by atoms with Crippen LogP contribution in [0.5, 0.6) is 0 Å². The minimum absolute atomic E-state index is 0.0531. The largest absolute Gasteiger partial charge is 0.633 e. The van der Waals surface area contributed by atoms with Crippen LogP contribution in [-0.2, 0) is 4.74 Å². The van der Waals surface area contributed by atoms with Gasteiger partial charge < -0.3 is 14.6 Å². The summed E-state index contributed by atoms with van der Waals surface area (Å²) in [5.41, 5.74) is -0.280. The maximum atomic E-state index is 12.1. The van der Waals surface area contributed by atoms with E-state index in [1.807, 2.05) is 6.21 Å². The molecule has 4 rings (SSSR count). The molecule has 4 aliphatic rings. The summed E-state index contributed by atoms with van der Waals surface area (Å²) in [7, 11) is 0. The second-order valence-corrected chi connectivity index (χ2v) is 4.48. The van der Waals surface area contributed by atoms with Gasteiger partial charge >= 0.3 is 0 Å². The Kier molecular flexibility index (Phi) is 1.41. The van der Waals surface area contributed by atoms with Crippen molar-refractivity contribution >= 4 is 6.21 Å². The highest BCUT2D eigenvalue weighted by atomic mass is 16.6. The molecule has 0 radical (unpaired) electrons. The average Bonchev–Trinajstić information content (AvgIpc) is 2.53. The fourth-order valence-corrected chi connectivity index (χ4v) is 2.96. The monoisotopic (exact) mass is 182 g/mol. The van der Waals surface area contributed by atoms with Gasteiger partial charge in [-0.1, -0.05) is 0 Å². The Labute approximate surface area is 77.4 Å². The molecule has 4 nitrogen and oxygen atoms in total. The Bertz CT molecular complexity index is 258. The molecule has 1 unspecified atom stereocenters. The Morgan fingerprint density at radius 2 is 2.23 bits per heavy atom. The number of ether oxygens (including phenoxy) is 1. The van der Waals surface area contributed by atoms with Crippen LogP contribution in [0.2, 0.25) is 0 Å². The van der Waals surface area contributed by atoms with E-state index in [4.69, 9.17) is 4.74 Å². The maximum Gasteiger partial charge on any atom is 0.157 e. The summed E-state index contributed by atoms with van der Waals surface area (Å²) in [4.78, 5) is 4.11. The van der Waals surface area contributed by atoms with Crippen molar-refractivity contribution in [3.63, 3.8) is 0 Å². The van der Waals surface area contributed by atoms with Crippen LogP contribution in [0.1, 0.15) is 12.8 Å². The number of rotatable bonds is 0. The van der Waals surface area contributed by atoms with E-state index in [2.05, 4.69) is 4.99 Å². The van der Waals surface area contributed by atoms with E-state index >= 15 is 0 Å². The zero-order valence-electron chi connectivity index (χ0n) is 7.61. The molecule has 4 heterocycles. The van der Waals surface area contributed by atoms with Crippen molar-refractivity contribution in [1.29, 1.82) is 0 Å². The van der Waals surface area contributed by atoms with E-state index < -0.39 is 0 Å². The molecule has 4 heteroatoms. The van der Waals surface area contributed by atoms with Crippen LogP contribution in [0.4, 0.5) is 0 Å². The molecule has 1 atom stereocenters. The maximum absolute atomic E-state index is 12.1. The van der Waals surface area contributed by atoms with Crippen LogP contribution in [0.3, 0.4) is 0 Å². The molecule has 3 saturated heterocycles. The number of hydroxylamine groups is 3. The van der Waals surface area contributed by atoms with Crippen LogP contribution >= 0.6 is 0 Å². The number of hydrogen-bond donors (Lipinski definition) is 0. The molecule has 0 aromatic carbocycles. The fourth-order valence-electron chi connectivity index (χ4n) is 2.96. The Morgan fingerprint density at radius 1 is 1.46 bits per heavy atom. The normalized spacial score (nSPS) is 53.5. The van der Waals surface area contributed by atoms with E-state index in [9.17, 15) is 5.21 Å². The molecule has 0 aromatic rings. The van der Waals surface area contributed by atoms with Gasteiger partial charge in [0, 0.05) is 25.0 Å². The van der Waals surface area contributed by atoms with Crippen LogP contribution in [0.15, 0.2) is 4.99 Å². The molecule has 3 fully saturated rings. The van der Waals surface area contributed by atoms with Crippen molar-refractivity contribution in [1.82, 2.24) is 0 Å². The lowest BCUT2D eigenvalue weighted by molar-refractivity contribution is -0.903. The molecule has 1 spiro atoms. The van der Waals surface area contributed by atoms with Crippen molar-refractivity contribution in [3.8, 4) is 0 Å². The summed E-state index contributed by atoms with van der Waals surface area (Å²) in [6, 6.07) is 0. The van der Waals surface area contributed by atoms with Crippen LogP contribution < -0.4 is 0 Å². The summed E-state index contributed by atoms with van der Waals surface area (Å²) in [5.74, 6) is 0.549. The number of nitrogens with zero attached hydrogens (tertiary/aromatic N) is 2. The Balaban J connectivity index is 1.95. The predicted molar refractivity (Wildman–Crippen MR) is 48.1 cm³/mol. The first-order valence-corrected chi connectivity index (χ1v) is 4.95. The van der Waals surface area contributed by atoms with Crippen LogP contribution in [0, 0.1) is 11.1 Å². The first-order valence-electron chi connectivity index (χ1n) is 4.95. The molecular weight excluding hydrogens is 168 g/mol. The molecule has 4 aliphatic heterocycles. The van der Waals surface area contributed by atoms with Crippen molar-refractivity contribution in [2.24, 2.45) is 10.9 Å². The van der Waals surface area contributed by atoms with Gasteiger partial charge in [0.15, 0.2) is 5.60 Å². The highest BCUT2D eigenvalue weighted by Crippen LogP contribution is 2.42. The van der Waals surface area contributed by atoms with Gasteiger partial charge in [-0.05, 0) is 0 Å². The first kappa shape index (κ1) is 7.91. The second kappa shape index (κ2) is 2.32. The molecule has 0 saturated carbocycles. The standard InChI is InChI=1S/C9H14N2O2/c12-11-3-1-8(2-4-11)9(6-11)5-10-7-13-9/h5,8H,1-4,6-7H2. The summed E-state index contributed by atoms with van der Waals surface area (Å²) in [6.07, 6.45) is 3.91. The minimum Gasteiger partial charge on any atom is -0.633 e. The van der Waals surface area contributed by atoms with E-state index in [1.165, 1.54) is 0 Å². The van der Waals surface area contributed by atoms with Gasteiger partial charge in [-0.2, -0.15) is 0 Å². The quantitative estimate of drug-likeness (QED) is 0.405. The Morgan fingerprint density at radius 3 is 2.77 bits per heavy atom. The summed E-state index contributed by atoms with van der Waals surface area (Å²) < 4.78 is 5.59. The van der Waals surface area contributed by atoms with Gasteiger partial charge in [-0.25, -0.2) is 0 Å². The summed E-state index contributed by atoms with van der Waals surface area (Å²) in [5, 5.41) is 12.1. The zero-order valence-corrected chi connectivity index (χ0v) is 7.61. The number of quaternary nitrogens is 1. The highest BCUT2D eigenvalue weighted by molar-refractivity contribution is 5.71. The number of aliphatic imine (C=N–C) groups is 1. The topological polar surface area (TPSA) is 44.7 Å². The van der Waals surface area contributed by atoms with E-state index in [0.29, 0.717) is 19.2 Å². The van der Waals surface area contributed by atoms with E-state index in [-0.39, 0.29) is 10.2 Å². The van der Waals surface area contributed by atoms with Crippen molar-refractivity contribution in [2.45, 2.75) is 18.4 Å². The molecule has 13 heavy (non-hydrogen) atoms. The second-order valence-electron chi connectivity index (χ2n) is 4.48. The number of hydrogen-bond acceptors (Lipinski definition) is 3. The van der Waals surface area contributed by atoms with E-state index in [0.717, 1.165) is 25.9 Å². The van der Waals surface area contributed by atoms with Gasteiger partial charge in [0.25, 0.3) is 0 Å². The van der Waals surface area contributed by atoms with Gasteiger partial charge in [-0.3, -0.25) is 4.99 Å². The lowest BCUT2D eigenvalue weighted by Crippen LogP contribution is -2.67. The molecule has 0 N–H and O–H groups in total. The third-order valence-electron chi connectivity index (χ3n) is 3.71. The van der Waals surface area contributed by atoms with Gasteiger partial charge in [0.1, 0.15) is 13.3 Å². The molecule has 2 bridgehead atoms. The molecule has 0 aliphatic carbocycles. The van der Waals surface area contributed by atoms with Crippen molar-refractivity contribution in [2.75, 3.05) is 26.4 Å². The lowest BCUT2D eigenvalue weighted by atomic mass is 9.75. The summed E-state index contributed by atoms with van der Waals surface area (Å²) in [6.45, 7) is 2.62. The van der Waals surface area contributed by atoms with E-state index in [1.54, 1.807) is 0 Å². The van der Waals surface area contributed by atoms with Gasteiger partial charge in [0.2, 0.25) is 0 Å². The fraction of sp³-hybridized carbons (Fsp3) is 0.889. The predicted octanol–water partition coefficient (Wildman–Crippen LogP) is 0.522. The number of fused-ring (bicyclic) bond motifs is 2. The van der Waals surface area contributed by atoms with Crippen LogP contribution in [-0.4, -0.2) is 42.8 Å². The van der Waals surface area contributed by atoms with Crippen molar-refractivity contribution in [3.05, 3.63) is 5.21 Å². The molecular formula is C9H14N2O2. The SMILES string of the molecule is [O-][N+]12CCC(CC1)C1(C=NCO1)C2. The average molecular weight is 182 g/mol.